The fraction of sp³-hybridized carbons (Fsp3) is 0.400. The molecule has 0 saturated carbocycles. The van der Waals surface area contributed by atoms with E-state index >= 15 is 0 Å². The first-order valence-electron chi connectivity index (χ1n) is 4.76. The van der Waals surface area contributed by atoms with Crippen LogP contribution in [0.2, 0.25) is 0 Å². The highest BCUT2D eigenvalue weighted by molar-refractivity contribution is 5.39. The molecule has 1 aromatic rings. The van der Waals surface area contributed by atoms with Crippen LogP contribution in [0.25, 0.3) is 0 Å². The van der Waals surface area contributed by atoms with Crippen LogP contribution < -0.4 is 5.73 Å². The van der Waals surface area contributed by atoms with Crippen LogP contribution in [0.15, 0.2) is 24.3 Å². The maximum absolute atomic E-state index is 10.7. The zero-order chi connectivity index (χ0) is 11.1. The molecule has 2 N–H and O–H groups in total. The highest BCUT2D eigenvalue weighted by Gasteiger charge is 2.11. The minimum absolute atomic E-state index is 0.147. The Balaban J connectivity index is 2.56. The van der Waals surface area contributed by atoms with Crippen LogP contribution in [0.1, 0.15) is 5.56 Å². The number of hydrogen-bond acceptors (Lipinski definition) is 4. The lowest BCUT2D eigenvalue weighted by Crippen LogP contribution is -2.10. The first-order valence-corrected chi connectivity index (χ1v) is 4.76. The highest BCUT2D eigenvalue weighted by atomic mass is 16.6. The van der Waals surface area contributed by atoms with Crippen molar-refractivity contribution in [2.45, 2.75) is 6.42 Å². The van der Waals surface area contributed by atoms with Gasteiger partial charge < -0.3 is 10.5 Å². The van der Waals surface area contributed by atoms with Crippen molar-refractivity contribution in [2.24, 2.45) is 5.73 Å². The second-order valence-electron chi connectivity index (χ2n) is 3.04. The van der Waals surface area contributed by atoms with Crippen LogP contribution in [-0.4, -0.2) is 24.7 Å². The van der Waals surface area contributed by atoms with Crippen molar-refractivity contribution in [3.63, 3.8) is 0 Å². The van der Waals surface area contributed by atoms with Gasteiger partial charge in [-0.2, -0.15) is 0 Å². The van der Waals surface area contributed by atoms with Gasteiger partial charge in [0.2, 0.25) is 0 Å². The summed E-state index contributed by atoms with van der Waals surface area (Å²) >= 11 is 0. The minimum atomic E-state index is -0.377. The smallest absolute Gasteiger partial charge is 0.272 e. The van der Waals surface area contributed by atoms with Gasteiger partial charge in [0.25, 0.3) is 5.69 Å². The molecule has 5 heteroatoms. The zero-order valence-electron chi connectivity index (χ0n) is 8.39. The SMILES string of the molecule is NCCOCCc1ccccc1[N+](=O)[O-]. The number of para-hydroxylation sites is 1. The second kappa shape index (κ2) is 6.10. The highest BCUT2D eigenvalue weighted by Crippen LogP contribution is 2.17. The molecule has 0 spiro atoms. The fourth-order valence-electron chi connectivity index (χ4n) is 1.27. The van der Waals surface area contributed by atoms with Crippen molar-refractivity contribution in [1.82, 2.24) is 0 Å². The number of nitrogens with zero attached hydrogens (tertiary/aromatic N) is 1. The van der Waals surface area contributed by atoms with E-state index in [1.54, 1.807) is 18.2 Å². The van der Waals surface area contributed by atoms with Crippen molar-refractivity contribution >= 4 is 5.69 Å². The van der Waals surface area contributed by atoms with Crippen LogP contribution in [0.3, 0.4) is 0 Å². The number of hydrogen-bond donors (Lipinski definition) is 1. The molecule has 0 heterocycles. The zero-order valence-corrected chi connectivity index (χ0v) is 8.39. The molecule has 82 valence electrons. The minimum Gasteiger partial charge on any atom is -0.380 e. The van der Waals surface area contributed by atoms with Crippen molar-refractivity contribution < 1.29 is 9.66 Å². The summed E-state index contributed by atoms with van der Waals surface area (Å²) in [4.78, 5) is 10.3. The third-order valence-electron chi connectivity index (χ3n) is 1.97. The van der Waals surface area contributed by atoms with Gasteiger partial charge in [-0.3, -0.25) is 10.1 Å². The molecule has 0 aromatic heterocycles. The summed E-state index contributed by atoms with van der Waals surface area (Å²) in [6.45, 7) is 1.42. The predicted octanol–water partition coefficient (Wildman–Crippen LogP) is 1.11. The molecule has 0 bridgehead atoms. The molecular weight excluding hydrogens is 196 g/mol. The number of nitro groups is 1. The molecule has 0 aliphatic heterocycles. The van der Waals surface area contributed by atoms with E-state index in [4.69, 9.17) is 10.5 Å². The number of ether oxygens (including phenoxy) is 1. The van der Waals surface area contributed by atoms with E-state index in [2.05, 4.69) is 0 Å². The van der Waals surface area contributed by atoms with Crippen molar-refractivity contribution in [3.8, 4) is 0 Å². The summed E-state index contributed by atoms with van der Waals surface area (Å²) in [5.41, 5.74) is 6.09. The first-order chi connectivity index (χ1) is 7.25. The molecule has 0 saturated heterocycles. The van der Waals surface area contributed by atoms with Gasteiger partial charge >= 0.3 is 0 Å². The van der Waals surface area contributed by atoms with E-state index in [1.165, 1.54) is 6.07 Å². The van der Waals surface area contributed by atoms with E-state index in [0.717, 1.165) is 0 Å². The van der Waals surface area contributed by atoms with Crippen LogP contribution in [0.5, 0.6) is 0 Å². The van der Waals surface area contributed by atoms with Gasteiger partial charge in [0.1, 0.15) is 0 Å². The largest absolute Gasteiger partial charge is 0.380 e. The van der Waals surface area contributed by atoms with Crippen LogP contribution in [-0.2, 0) is 11.2 Å². The molecular formula is C10H14N2O3. The molecule has 0 radical (unpaired) electrons. The Morgan fingerprint density at radius 2 is 2.07 bits per heavy atom. The molecule has 1 aromatic carbocycles. The van der Waals surface area contributed by atoms with Crippen LogP contribution >= 0.6 is 0 Å². The van der Waals surface area contributed by atoms with Crippen molar-refractivity contribution in [2.75, 3.05) is 19.8 Å². The van der Waals surface area contributed by atoms with Crippen LogP contribution in [0.4, 0.5) is 5.69 Å². The van der Waals surface area contributed by atoms with Gasteiger partial charge in [0.15, 0.2) is 0 Å². The van der Waals surface area contributed by atoms with E-state index in [1.807, 2.05) is 0 Å². The summed E-state index contributed by atoms with van der Waals surface area (Å²) in [7, 11) is 0. The summed E-state index contributed by atoms with van der Waals surface area (Å²) in [6.07, 6.45) is 0.539. The van der Waals surface area contributed by atoms with Gasteiger partial charge in [-0.05, 0) is 0 Å². The third kappa shape index (κ3) is 3.65. The lowest BCUT2D eigenvalue weighted by molar-refractivity contribution is -0.385. The lowest BCUT2D eigenvalue weighted by Gasteiger charge is -2.03. The Bertz CT molecular complexity index is 328. The molecule has 15 heavy (non-hydrogen) atoms. The molecule has 0 fully saturated rings. The Labute approximate surface area is 88.0 Å². The maximum Gasteiger partial charge on any atom is 0.272 e. The molecule has 0 atom stereocenters. The number of benzene rings is 1. The molecule has 1 rings (SSSR count). The number of nitrogens with two attached hydrogens (primary N) is 1. The summed E-state index contributed by atoms with van der Waals surface area (Å²) < 4.78 is 5.17. The lowest BCUT2D eigenvalue weighted by atomic mass is 10.1. The van der Waals surface area contributed by atoms with Gasteiger partial charge in [0.05, 0.1) is 18.1 Å². The average molecular weight is 210 g/mol. The van der Waals surface area contributed by atoms with Gasteiger partial charge in [-0.15, -0.1) is 0 Å². The second-order valence-corrected chi connectivity index (χ2v) is 3.04. The monoisotopic (exact) mass is 210 g/mol. The molecule has 0 aliphatic rings. The van der Waals surface area contributed by atoms with Crippen molar-refractivity contribution in [3.05, 3.63) is 39.9 Å². The predicted molar refractivity (Wildman–Crippen MR) is 56.7 cm³/mol. The van der Waals surface area contributed by atoms with E-state index in [-0.39, 0.29) is 10.6 Å². The van der Waals surface area contributed by atoms with E-state index in [0.29, 0.717) is 31.7 Å². The van der Waals surface area contributed by atoms with Gasteiger partial charge in [-0.1, -0.05) is 18.2 Å². The fourth-order valence-corrected chi connectivity index (χ4v) is 1.27. The molecule has 0 aliphatic carbocycles. The third-order valence-corrected chi connectivity index (χ3v) is 1.97. The van der Waals surface area contributed by atoms with E-state index in [9.17, 15) is 10.1 Å². The quantitative estimate of drug-likeness (QED) is 0.433. The maximum atomic E-state index is 10.7. The Morgan fingerprint density at radius 3 is 2.73 bits per heavy atom. The molecule has 0 amide bonds. The first kappa shape index (κ1) is 11.6. The Morgan fingerprint density at radius 1 is 1.33 bits per heavy atom. The van der Waals surface area contributed by atoms with Gasteiger partial charge in [0, 0.05) is 24.6 Å². The summed E-state index contributed by atoms with van der Waals surface area (Å²) in [6, 6.07) is 6.68. The number of nitro benzene ring substituents is 1. The number of rotatable bonds is 6. The van der Waals surface area contributed by atoms with Crippen molar-refractivity contribution in [1.29, 1.82) is 0 Å². The molecule has 5 nitrogen and oxygen atoms in total. The summed E-state index contributed by atoms with van der Waals surface area (Å²) in [5.74, 6) is 0. The van der Waals surface area contributed by atoms with Gasteiger partial charge in [-0.25, -0.2) is 0 Å². The Kier molecular flexibility index (Phi) is 4.73. The normalized spacial score (nSPS) is 10.2. The topological polar surface area (TPSA) is 78.4 Å². The Hall–Kier alpha value is -1.46. The average Bonchev–Trinajstić information content (AvgIpc) is 2.25. The molecule has 0 unspecified atom stereocenters. The van der Waals surface area contributed by atoms with Crippen LogP contribution in [0, 0.1) is 10.1 Å². The van der Waals surface area contributed by atoms with E-state index < -0.39 is 0 Å². The summed E-state index contributed by atoms with van der Waals surface area (Å²) in [5, 5.41) is 10.7. The standard InChI is InChI=1S/C10H14N2O3/c11-6-8-15-7-5-9-3-1-2-4-10(9)12(13)14/h1-4H,5-8,11H2.